The first kappa shape index (κ1) is 12.9. The molecule has 0 aliphatic rings. The Kier molecular flexibility index (Phi) is 6.35. The first-order valence-corrected chi connectivity index (χ1v) is 5.13. The smallest absolute Gasteiger partial charge is 0.0598 e. The van der Waals surface area contributed by atoms with E-state index < -0.39 is 0 Å². The lowest BCUT2D eigenvalue weighted by molar-refractivity contribution is -0.0153. The molecular formula is C11H24O2. The van der Waals surface area contributed by atoms with Crippen molar-refractivity contribution in [3.05, 3.63) is 0 Å². The molecule has 0 rings (SSSR count). The molecule has 0 heterocycles. The fourth-order valence-corrected chi connectivity index (χ4v) is 0.858. The maximum Gasteiger partial charge on any atom is 0.0598 e. The Morgan fingerprint density at radius 2 is 1.69 bits per heavy atom. The van der Waals surface area contributed by atoms with Crippen molar-refractivity contribution in [1.82, 2.24) is 0 Å². The second kappa shape index (κ2) is 6.39. The van der Waals surface area contributed by atoms with E-state index in [0.29, 0.717) is 5.92 Å². The van der Waals surface area contributed by atoms with E-state index >= 15 is 0 Å². The summed E-state index contributed by atoms with van der Waals surface area (Å²) < 4.78 is 11.0. The normalized spacial score (nSPS) is 12.5. The summed E-state index contributed by atoms with van der Waals surface area (Å²) in [7, 11) is 0. The quantitative estimate of drug-likeness (QED) is 0.597. The van der Waals surface area contributed by atoms with Crippen LogP contribution in [0.2, 0.25) is 0 Å². The van der Waals surface area contributed by atoms with Gasteiger partial charge in [-0.15, -0.1) is 0 Å². The van der Waals surface area contributed by atoms with E-state index in [4.69, 9.17) is 9.47 Å². The third-order valence-electron chi connectivity index (χ3n) is 1.42. The van der Waals surface area contributed by atoms with E-state index in [2.05, 4.69) is 34.6 Å². The highest BCUT2D eigenvalue weighted by Crippen LogP contribution is 2.06. The van der Waals surface area contributed by atoms with Crippen LogP contribution >= 0.6 is 0 Å². The van der Waals surface area contributed by atoms with Crippen LogP contribution in [-0.2, 0) is 9.47 Å². The van der Waals surface area contributed by atoms with Gasteiger partial charge in [-0.25, -0.2) is 0 Å². The lowest BCUT2D eigenvalue weighted by Crippen LogP contribution is -2.20. The summed E-state index contributed by atoms with van der Waals surface area (Å²) in [5.74, 6) is 0.628. The Bertz CT molecular complexity index is 114. The first-order valence-electron chi connectivity index (χ1n) is 5.13. The second-order valence-electron chi connectivity index (χ2n) is 4.78. The third kappa shape index (κ3) is 11.9. The van der Waals surface area contributed by atoms with E-state index in [-0.39, 0.29) is 5.60 Å². The van der Waals surface area contributed by atoms with Crippen molar-refractivity contribution < 1.29 is 9.47 Å². The van der Waals surface area contributed by atoms with E-state index in [1.807, 2.05) is 0 Å². The van der Waals surface area contributed by atoms with Crippen molar-refractivity contribution in [3.8, 4) is 0 Å². The molecule has 0 fully saturated rings. The fourth-order valence-electron chi connectivity index (χ4n) is 0.858. The van der Waals surface area contributed by atoms with Gasteiger partial charge in [0.1, 0.15) is 0 Å². The van der Waals surface area contributed by atoms with Gasteiger partial charge in [-0.3, -0.25) is 0 Å². The first-order chi connectivity index (χ1) is 5.92. The van der Waals surface area contributed by atoms with Crippen LogP contribution in [-0.4, -0.2) is 25.4 Å². The summed E-state index contributed by atoms with van der Waals surface area (Å²) in [6.07, 6.45) is 0.990. The van der Waals surface area contributed by atoms with Gasteiger partial charge >= 0.3 is 0 Å². The van der Waals surface area contributed by atoms with Crippen LogP contribution in [0.3, 0.4) is 0 Å². The lowest BCUT2D eigenvalue weighted by Gasteiger charge is -2.19. The van der Waals surface area contributed by atoms with Gasteiger partial charge in [0.05, 0.1) is 5.60 Å². The molecule has 0 saturated carbocycles. The van der Waals surface area contributed by atoms with Gasteiger partial charge in [-0.2, -0.15) is 0 Å². The zero-order valence-corrected chi connectivity index (χ0v) is 9.72. The minimum Gasteiger partial charge on any atom is -0.381 e. The average molecular weight is 188 g/mol. The molecular weight excluding hydrogens is 164 g/mol. The highest BCUT2D eigenvalue weighted by Gasteiger charge is 2.08. The van der Waals surface area contributed by atoms with Crippen molar-refractivity contribution in [2.24, 2.45) is 5.92 Å². The average Bonchev–Trinajstić information content (AvgIpc) is 1.93. The van der Waals surface area contributed by atoms with Gasteiger partial charge in [0.25, 0.3) is 0 Å². The predicted octanol–water partition coefficient (Wildman–Crippen LogP) is 2.86. The summed E-state index contributed by atoms with van der Waals surface area (Å²) in [6, 6.07) is 0. The van der Waals surface area contributed by atoms with Gasteiger partial charge in [0, 0.05) is 19.8 Å². The monoisotopic (exact) mass is 188 g/mol. The van der Waals surface area contributed by atoms with E-state index in [0.717, 1.165) is 26.2 Å². The molecule has 2 nitrogen and oxygen atoms in total. The molecule has 0 radical (unpaired) electrons. The zero-order valence-electron chi connectivity index (χ0n) is 9.72. The molecule has 13 heavy (non-hydrogen) atoms. The lowest BCUT2D eigenvalue weighted by atomic mass is 10.2. The number of rotatable bonds is 6. The summed E-state index contributed by atoms with van der Waals surface area (Å²) in [5, 5.41) is 0. The summed E-state index contributed by atoms with van der Waals surface area (Å²) in [6.45, 7) is 13.0. The van der Waals surface area contributed by atoms with E-state index in [9.17, 15) is 0 Å². The third-order valence-corrected chi connectivity index (χ3v) is 1.42. The largest absolute Gasteiger partial charge is 0.381 e. The van der Waals surface area contributed by atoms with E-state index in [1.165, 1.54) is 0 Å². The number of hydrogen-bond donors (Lipinski definition) is 0. The van der Waals surface area contributed by atoms with Crippen LogP contribution < -0.4 is 0 Å². The minimum absolute atomic E-state index is 0.0158. The molecule has 0 aliphatic carbocycles. The maximum absolute atomic E-state index is 5.56. The van der Waals surface area contributed by atoms with Crippen molar-refractivity contribution >= 4 is 0 Å². The van der Waals surface area contributed by atoms with Crippen LogP contribution in [0.5, 0.6) is 0 Å². The van der Waals surface area contributed by atoms with Crippen LogP contribution in [0, 0.1) is 5.92 Å². The Morgan fingerprint density at radius 1 is 1.08 bits per heavy atom. The van der Waals surface area contributed by atoms with Crippen molar-refractivity contribution in [2.75, 3.05) is 19.8 Å². The molecule has 0 bridgehead atoms. The number of hydrogen-bond acceptors (Lipinski definition) is 2. The summed E-state index contributed by atoms with van der Waals surface area (Å²) in [5.41, 5.74) is -0.0158. The van der Waals surface area contributed by atoms with Gasteiger partial charge < -0.3 is 9.47 Å². The zero-order chi connectivity index (χ0) is 10.3. The topological polar surface area (TPSA) is 18.5 Å². The summed E-state index contributed by atoms with van der Waals surface area (Å²) >= 11 is 0. The summed E-state index contributed by atoms with van der Waals surface area (Å²) in [4.78, 5) is 0. The van der Waals surface area contributed by atoms with E-state index in [1.54, 1.807) is 0 Å². The minimum atomic E-state index is -0.0158. The predicted molar refractivity (Wildman–Crippen MR) is 56.0 cm³/mol. The SMILES string of the molecule is CC(C)COCCCOC(C)(C)C. The van der Waals surface area contributed by atoms with Crippen LogP contribution in [0.25, 0.3) is 0 Å². The Morgan fingerprint density at radius 3 is 2.15 bits per heavy atom. The molecule has 0 aromatic rings. The molecule has 0 saturated heterocycles. The highest BCUT2D eigenvalue weighted by molar-refractivity contribution is 4.58. The van der Waals surface area contributed by atoms with Crippen molar-refractivity contribution in [1.29, 1.82) is 0 Å². The molecule has 0 N–H and O–H groups in total. The molecule has 0 atom stereocenters. The van der Waals surface area contributed by atoms with Crippen LogP contribution in [0.4, 0.5) is 0 Å². The Labute approximate surface area is 82.6 Å². The molecule has 0 spiro atoms. The van der Waals surface area contributed by atoms with Gasteiger partial charge in [0.2, 0.25) is 0 Å². The Balaban J connectivity index is 3.09. The standard InChI is InChI=1S/C11H24O2/c1-10(2)9-12-7-6-8-13-11(3,4)5/h10H,6-9H2,1-5H3. The molecule has 0 aromatic carbocycles. The second-order valence-corrected chi connectivity index (χ2v) is 4.78. The van der Waals surface area contributed by atoms with Gasteiger partial charge in [0.15, 0.2) is 0 Å². The molecule has 0 amide bonds. The van der Waals surface area contributed by atoms with Gasteiger partial charge in [-0.05, 0) is 33.1 Å². The van der Waals surface area contributed by atoms with Crippen molar-refractivity contribution in [3.63, 3.8) is 0 Å². The fraction of sp³-hybridized carbons (Fsp3) is 1.00. The van der Waals surface area contributed by atoms with Crippen LogP contribution in [0.1, 0.15) is 41.0 Å². The maximum atomic E-state index is 5.56. The molecule has 0 aromatic heterocycles. The molecule has 80 valence electrons. The van der Waals surface area contributed by atoms with Crippen molar-refractivity contribution in [2.45, 2.75) is 46.6 Å². The molecule has 2 heteroatoms. The van der Waals surface area contributed by atoms with Gasteiger partial charge in [-0.1, -0.05) is 13.8 Å². The highest BCUT2D eigenvalue weighted by atomic mass is 16.5. The number of ether oxygens (including phenoxy) is 2. The molecule has 0 aliphatic heterocycles. The Hall–Kier alpha value is -0.0800. The molecule has 0 unspecified atom stereocenters. The van der Waals surface area contributed by atoms with Crippen LogP contribution in [0.15, 0.2) is 0 Å².